The fourth-order valence-corrected chi connectivity index (χ4v) is 3.64. The SMILES string of the molecule is CCc1cc(C(=O)N2CCC(n3ncc(C(=O)O)c3C)CC2)oc1CC. The van der Waals surface area contributed by atoms with E-state index in [0.29, 0.717) is 24.5 Å². The predicted octanol–water partition coefficient (Wildman–Crippen LogP) is 3.08. The van der Waals surface area contributed by atoms with Crippen molar-refractivity contribution in [3.8, 4) is 0 Å². The van der Waals surface area contributed by atoms with Gasteiger partial charge in [0, 0.05) is 19.5 Å². The van der Waals surface area contributed by atoms with Crippen LogP contribution in [-0.2, 0) is 12.8 Å². The molecule has 1 fully saturated rings. The normalized spacial score (nSPS) is 15.4. The average molecular weight is 359 g/mol. The zero-order valence-electron chi connectivity index (χ0n) is 15.5. The summed E-state index contributed by atoms with van der Waals surface area (Å²) in [6.45, 7) is 7.07. The number of furan rings is 1. The average Bonchev–Trinajstić information content (AvgIpc) is 3.24. The molecule has 0 atom stereocenters. The molecule has 3 heterocycles. The molecule has 1 aliphatic heterocycles. The fourth-order valence-electron chi connectivity index (χ4n) is 3.64. The van der Waals surface area contributed by atoms with Gasteiger partial charge in [0.05, 0.1) is 17.9 Å². The molecule has 0 aromatic carbocycles. The van der Waals surface area contributed by atoms with E-state index in [1.54, 1.807) is 11.6 Å². The molecule has 3 rings (SSSR count). The van der Waals surface area contributed by atoms with Crippen LogP contribution in [0.4, 0.5) is 0 Å². The first-order valence-electron chi connectivity index (χ1n) is 9.14. The molecule has 0 spiro atoms. The number of aryl methyl sites for hydroxylation is 2. The minimum absolute atomic E-state index is 0.0683. The van der Waals surface area contributed by atoms with E-state index in [1.165, 1.54) is 6.20 Å². The summed E-state index contributed by atoms with van der Waals surface area (Å²) in [4.78, 5) is 25.7. The van der Waals surface area contributed by atoms with Gasteiger partial charge in [0.1, 0.15) is 11.3 Å². The molecule has 0 bridgehead atoms. The van der Waals surface area contributed by atoms with Crippen molar-refractivity contribution in [2.75, 3.05) is 13.1 Å². The highest BCUT2D eigenvalue weighted by atomic mass is 16.4. The van der Waals surface area contributed by atoms with E-state index in [1.807, 2.05) is 17.9 Å². The van der Waals surface area contributed by atoms with Gasteiger partial charge in [0.25, 0.3) is 5.91 Å². The largest absolute Gasteiger partial charge is 0.478 e. The molecule has 1 saturated heterocycles. The molecular weight excluding hydrogens is 334 g/mol. The van der Waals surface area contributed by atoms with Crippen molar-refractivity contribution in [1.82, 2.24) is 14.7 Å². The second-order valence-corrected chi connectivity index (χ2v) is 6.68. The molecule has 26 heavy (non-hydrogen) atoms. The van der Waals surface area contributed by atoms with E-state index in [-0.39, 0.29) is 17.5 Å². The number of hydrogen-bond acceptors (Lipinski definition) is 4. The van der Waals surface area contributed by atoms with Crippen molar-refractivity contribution in [2.45, 2.75) is 52.5 Å². The first kappa shape index (κ1) is 18.2. The first-order chi connectivity index (χ1) is 12.5. The van der Waals surface area contributed by atoms with E-state index >= 15 is 0 Å². The van der Waals surface area contributed by atoms with Gasteiger partial charge in [-0.2, -0.15) is 5.10 Å². The van der Waals surface area contributed by atoms with Gasteiger partial charge in [-0.15, -0.1) is 0 Å². The van der Waals surface area contributed by atoms with E-state index in [0.717, 1.165) is 37.0 Å². The highest BCUT2D eigenvalue weighted by Crippen LogP contribution is 2.26. The summed E-state index contributed by atoms with van der Waals surface area (Å²) < 4.78 is 7.54. The molecule has 1 amide bonds. The highest BCUT2D eigenvalue weighted by Gasteiger charge is 2.28. The zero-order valence-corrected chi connectivity index (χ0v) is 15.5. The van der Waals surface area contributed by atoms with Gasteiger partial charge in [-0.05, 0) is 37.8 Å². The third-order valence-electron chi connectivity index (χ3n) is 5.18. The van der Waals surface area contributed by atoms with Crippen LogP contribution in [0.2, 0.25) is 0 Å². The Morgan fingerprint density at radius 2 is 1.96 bits per heavy atom. The van der Waals surface area contributed by atoms with Crippen LogP contribution in [0.15, 0.2) is 16.7 Å². The lowest BCUT2D eigenvalue weighted by Crippen LogP contribution is -2.39. The van der Waals surface area contributed by atoms with Gasteiger partial charge in [-0.3, -0.25) is 9.48 Å². The standard InChI is InChI=1S/C19H25N3O4/c1-4-13-10-17(26-16(13)5-2)18(23)21-8-6-14(7-9-21)22-12(3)15(11-20-22)19(24)25/h10-11,14H,4-9H2,1-3H3,(H,24,25). The van der Waals surface area contributed by atoms with E-state index in [9.17, 15) is 9.59 Å². The summed E-state index contributed by atoms with van der Waals surface area (Å²) in [6, 6.07) is 1.98. The van der Waals surface area contributed by atoms with Crippen LogP contribution in [0.3, 0.4) is 0 Å². The molecule has 0 aliphatic carbocycles. The van der Waals surface area contributed by atoms with Gasteiger partial charge >= 0.3 is 5.97 Å². The molecule has 2 aromatic rings. The lowest BCUT2D eigenvalue weighted by molar-refractivity contribution is 0.0655. The van der Waals surface area contributed by atoms with E-state index < -0.39 is 5.97 Å². The molecule has 7 heteroatoms. The molecule has 1 N–H and O–H groups in total. The molecule has 140 valence electrons. The molecule has 7 nitrogen and oxygen atoms in total. The van der Waals surface area contributed by atoms with E-state index in [4.69, 9.17) is 9.52 Å². The quantitative estimate of drug-likeness (QED) is 0.886. The number of hydrogen-bond donors (Lipinski definition) is 1. The maximum absolute atomic E-state index is 12.7. The number of rotatable bonds is 5. The number of carboxylic acids is 1. The Balaban J connectivity index is 1.67. The highest BCUT2D eigenvalue weighted by molar-refractivity contribution is 5.92. The van der Waals surface area contributed by atoms with Crippen LogP contribution in [0.5, 0.6) is 0 Å². The Bertz CT molecular complexity index is 791. The van der Waals surface area contributed by atoms with Crippen molar-refractivity contribution in [3.63, 3.8) is 0 Å². The van der Waals surface area contributed by atoms with Crippen LogP contribution in [0.25, 0.3) is 0 Å². The minimum atomic E-state index is -0.961. The first-order valence-corrected chi connectivity index (χ1v) is 9.14. The number of carbonyl (C=O) groups is 2. The summed E-state index contributed by atoms with van der Waals surface area (Å²) in [5.74, 6) is 0.276. The second-order valence-electron chi connectivity index (χ2n) is 6.68. The molecule has 0 saturated carbocycles. The maximum Gasteiger partial charge on any atom is 0.339 e. The van der Waals surface area contributed by atoms with E-state index in [2.05, 4.69) is 12.0 Å². The lowest BCUT2D eigenvalue weighted by Gasteiger charge is -2.32. The topological polar surface area (TPSA) is 88.6 Å². The van der Waals surface area contributed by atoms with Crippen molar-refractivity contribution in [2.24, 2.45) is 0 Å². The van der Waals surface area contributed by atoms with Gasteiger partial charge < -0.3 is 14.4 Å². The Labute approximate surface area is 152 Å². The van der Waals surface area contributed by atoms with Crippen molar-refractivity contribution >= 4 is 11.9 Å². The predicted molar refractivity (Wildman–Crippen MR) is 95.6 cm³/mol. The number of carbonyl (C=O) groups excluding carboxylic acids is 1. The Morgan fingerprint density at radius 1 is 1.27 bits per heavy atom. The Kier molecular flexibility index (Phi) is 5.15. The summed E-state index contributed by atoms with van der Waals surface area (Å²) in [5.41, 5.74) is 1.99. The van der Waals surface area contributed by atoms with Crippen LogP contribution >= 0.6 is 0 Å². The number of likely N-dealkylation sites (tertiary alicyclic amines) is 1. The van der Waals surface area contributed by atoms with Crippen LogP contribution in [-0.4, -0.2) is 44.8 Å². The molecule has 0 unspecified atom stereocenters. The molecular formula is C19H25N3O4. The van der Waals surface area contributed by atoms with Crippen molar-refractivity contribution < 1.29 is 19.1 Å². The molecule has 0 radical (unpaired) electrons. The monoisotopic (exact) mass is 359 g/mol. The lowest BCUT2D eigenvalue weighted by atomic mass is 10.0. The third kappa shape index (κ3) is 3.25. The summed E-state index contributed by atoms with van der Waals surface area (Å²) >= 11 is 0. The maximum atomic E-state index is 12.7. The number of aromatic carboxylic acids is 1. The second kappa shape index (κ2) is 7.35. The van der Waals surface area contributed by atoms with Gasteiger partial charge in [-0.25, -0.2) is 4.79 Å². The number of amides is 1. The summed E-state index contributed by atoms with van der Waals surface area (Å²) in [6.07, 6.45) is 4.52. The smallest absolute Gasteiger partial charge is 0.339 e. The van der Waals surface area contributed by atoms with Gasteiger partial charge in [0.15, 0.2) is 5.76 Å². The van der Waals surface area contributed by atoms with Gasteiger partial charge in [-0.1, -0.05) is 13.8 Å². The number of aromatic nitrogens is 2. The summed E-state index contributed by atoms with van der Waals surface area (Å²) in [5, 5.41) is 13.4. The number of carboxylic acid groups (broad SMARTS) is 1. The number of nitrogens with zero attached hydrogens (tertiary/aromatic N) is 3. The van der Waals surface area contributed by atoms with Crippen LogP contribution in [0, 0.1) is 6.92 Å². The Morgan fingerprint density at radius 3 is 2.46 bits per heavy atom. The van der Waals surface area contributed by atoms with Crippen molar-refractivity contribution in [1.29, 1.82) is 0 Å². The third-order valence-corrected chi connectivity index (χ3v) is 5.18. The van der Waals surface area contributed by atoms with Gasteiger partial charge in [0.2, 0.25) is 0 Å². The molecule has 1 aliphatic rings. The minimum Gasteiger partial charge on any atom is -0.478 e. The number of piperidine rings is 1. The zero-order chi connectivity index (χ0) is 18.8. The molecule has 2 aromatic heterocycles. The fraction of sp³-hybridized carbons (Fsp3) is 0.526. The summed E-state index contributed by atoms with van der Waals surface area (Å²) in [7, 11) is 0. The Hall–Kier alpha value is -2.57. The van der Waals surface area contributed by atoms with Crippen LogP contribution in [0.1, 0.15) is 70.7 Å². The van der Waals surface area contributed by atoms with Crippen LogP contribution < -0.4 is 0 Å². The van der Waals surface area contributed by atoms with Crippen molar-refractivity contribution in [3.05, 3.63) is 40.6 Å².